The first-order chi connectivity index (χ1) is 15.7. The molecule has 0 aliphatic heterocycles. The zero-order valence-corrected chi connectivity index (χ0v) is 20.9. The normalized spacial score (nSPS) is 10.5. The van der Waals surface area contributed by atoms with Gasteiger partial charge in [-0.2, -0.15) is 0 Å². The fraction of sp³-hybridized carbons (Fsp3) is 0.391. The Balaban J connectivity index is 2.05. The minimum atomic E-state index is -0.605. The van der Waals surface area contributed by atoms with Gasteiger partial charge in [0.15, 0.2) is 11.7 Å². The molecule has 10 heteroatoms. The lowest BCUT2D eigenvalue weighted by molar-refractivity contribution is -0.121. The number of anilines is 1. The number of hydrogen-bond donors (Lipinski definition) is 2. The molecule has 0 atom stereocenters. The highest BCUT2D eigenvalue weighted by Gasteiger charge is 2.27. The molecule has 0 fully saturated rings. The van der Waals surface area contributed by atoms with E-state index in [1.54, 1.807) is 32.9 Å². The van der Waals surface area contributed by atoms with Crippen molar-refractivity contribution in [1.82, 2.24) is 5.32 Å². The topological polar surface area (TPSA) is 103 Å². The van der Waals surface area contributed by atoms with E-state index in [1.165, 1.54) is 5.56 Å². The summed E-state index contributed by atoms with van der Waals surface area (Å²) in [6, 6.07) is 7.49. The van der Waals surface area contributed by atoms with Crippen molar-refractivity contribution in [1.29, 1.82) is 0 Å². The lowest BCUT2D eigenvalue weighted by atomic mass is 10.0. The Hall–Kier alpha value is -2.98. The Labute approximate surface area is 202 Å². The van der Waals surface area contributed by atoms with E-state index in [1.807, 2.05) is 12.1 Å². The SMILES string of the molecule is CCOC(=O)c1sc(NC(=S)NC(=O)COc2ccc(C(C)C)cc2)c(C(=O)OCC)c1C. The Kier molecular flexibility index (Phi) is 9.80. The van der Waals surface area contributed by atoms with Gasteiger partial charge in [0.1, 0.15) is 15.6 Å². The average Bonchev–Trinajstić information content (AvgIpc) is 3.08. The molecule has 33 heavy (non-hydrogen) atoms. The van der Waals surface area contributed by atoms with Crippen molar-refractivity contribution in [2.45, 2.75) is 40.5 Å². The number of carbonyl (C=O) groups is 3. The molecule has 0 bridgehead atoms. The molecule has 178 valence electrons. The van der Waals surface area contributed by atoms with Crippen LogP contribution in [0, 0.1) is 6.92 Å². The number of hydrogen-bond acceptors (Lipinski definition) is 8. The van der Waals surface area contributed by atoms with Crippen molar-refractivity contribution in [3.05, 3.63) is 45.8 Å². The summed E-state index contributed by atoms with van der Waals surface area (Å²) in [5.74, 6) is -0.671. The lowest BCUT2D eigenvalue weighted by Gasteiger charge is -2.11. The minimum absolute atomic E-state index is 0.0408. The van der Waals surface area contributed by atoms with E-state index in [0.29, 0.717) is 17.2 Å². The molecular weight excluding hydrogens is 464 g/mol. The van der Waals surface area contributed by atoms with Gasteiger partial charge in [-0.1, -0.05) is 26.0 Å². The molecule has 1 aromatic carbocycles. The molecule has 0 aliphatic carbocycles. The van der Waals surface area contributed by atoms with Crippen LogP contribution in [-0.2, 0) is 14.3 Å². The van der Waals surface area contributed by atoms with E-state index in [4.69, 9.17) is 26.4 Å². The molecule has 1 aromatic heterocycles. The monoisotopic (exact) mass is 492 g/mol. The summed E-state index contributed by atoms with van der Waals surface area (Å²) in [4.78, 5) is 37.2. The van der Waals surface area contributed by atoms with Gasteiger partial charge in [0.2, 0.25) is 0 Å². The zero-order chi connectivity index (χ0) is 24.5. The second kappa shape index (κ2) is 12.3. The Bertz CT molecular complexity index is 1010. The first-order valence-electron chi connectivity index (χ1n) is 10.5. The smallest absolute Gasteiger partial charge is 0.348 e. The molecule has 0 radical (unpaired) electrons. The number of carbonyl (C=O) groups excluding carboxylic acids is 3. The van der Waals surface area contributed by atoms with Gasteiger partial charge in [0.05, 0.1) is 18.8 Å². The molecule has 1 amide bonds. The van der Waals surface area contributed by atoms with Crippen LogP contribution in [0.5, 0.6) is 5.75 Å². The molecule has 1 heterocycles. The van der Waals surface area contributed by atoms with E-state index >= 15 is 0 Å². The maximum absolute atomic E-state index is 12.5. The minimum Gasteiger partial charge on any atom is -0.484 e. The molecule has 0 aliphatic rings. The van der Waals surface area contributed by atoms with Crippen molar-refractivity contribution in [3.8, 4) is 5.75 Å². The van der Waals surface area contributed by atoms with E-state index in [9.17, 15) is 14.4 Å². The number of benzene rings is 1. The van der Waals surface area contributed by atoms with Gasteiger partial charge in [0, 0.05) is 0 Å². The predicted octanol–water partition coefficient (Wildman–Crippen LogP) is 4.43. The third-order valence-corrected chi connectivity index (χ3v) is 5.88. The summed E-state index contributed by atoms with van der Waals surface area (Å²) in [7, 11) is 0. The summed E-state index contributed by atoms with van der Waals surface area (Å²) in [6.45, 7) is 9.30. The van der Waals surface area contributed by atoms with E-state index in [2.05, 4.69) is 24.5 Å². The number of esters is 2. The second-order valence-electron chi connectivity index (χ2n) is 7.22. The van der Waals surface area contributed by atoms with Gasteiger partial charge >= 0.3 is 11.9 Å². The molecule has 8 nitrogen and oxygen atoms in total. The van der Waals surface area contributed by atoms with Crippen molar-refractivity contribution in [2.24, 2.45) is 0 Å². The van der Waals surface area contributed by atoms with Crippen molar-refractivity contribution >= 4 is 51.5 Å². The van der Waals surface area contributed by atoms with Crippen LogP contribution in [0.15, 0.2) is 24.3 Å². The number of ether oxygens (including phenoxy) is 3. The molecule has 2 aromatic rings. The maximum Gasteiger partial charge on any atom is 0.348 e. The van der Waals surface area contributed by atoms with E-state index in [-0.39, 0.29) is 40.4 Å². The second-order valence-corrected chi connectivity index (χ2v) is 8.64. The van der Waals surface area contributed by atoms with Crippen LogP contribution in [0.2, 0.25) is 0 Å². The summed E-state index contributed by atoms with van der Waals surface area (Å²) < 4.78 is 15.7. The molecule has 0 saturated carbocycles. The van der Waals surface area contributed by atoms with Crippen LogP contribution in [0.4, 0.5) is 5.00 Å². The Morgan fingerprint density at radius 1 is 1.03 bits per heavy atom. The number of nitrogens with one attached hydrogen (secondary N) is 2. The number of thiophene rings is 1. The quantitative estimate of drug-likeness (QED) is 0.392. The lowest BCUT2D eigenvalue weighted by Crippen LogP contribution is -2.37. The van der Waals surface area contributed by atoms with Gasteiger partial charge in [-0.3, -0.25) is 10.1 Å². The van der Waals surface area contributed by atoms with Crippen LogP contribution in [0.25, 0.3) is 0 Å². The molecule has 2 rings (SSSR count). The first-order valence-corrected chi connectivity index (χ1v) is 11.7. The number of thiocarbonyl (C=S) groups is 1. The summed E-state index contributed by atoms with van der Waals surface area (Å²) in [6.07, 6.45) is 0. The third kappa shape index (κ3) is 7.26. The van der Waals surface area contributed by atoms with Gasteiger partial charge in [-0.25, -0.2) is 9.59 Å². The highest BCUT2D eigenvalue weighted by atomic mass is 32.1. The third-order valence-electron chi connectivity index (χ3n) is 4.48. The highest BCUT2D eigenvalue weighted by molar-refractivity contribution is 7.80. The molecule has 0 unspecified atom stereocenters. The van der Waals surface area contributed by atoms with E-state index in [0.717, 1.165) is 11.3 Å². The van der Waals surface area contributed by atoms with Gasteiger partial charge in [-0.05, 0) is 62.2 Å². The summed E-state index contributed by atoms with van der Waals surface area (Å²) in [5.41, 5.74) is 1.76. The standard InChI is InChI=1S/C23H28N2O6S2/c1-6-29-21(27)18-14(5)19(22(28)30-7-2)33-20(18)25-23(32)24-17(26)12-31-16-10-8-15(9-11-16)13(3)4/h8-11,13H,6-7,12H2,1-5H3,(H2,24,25,26,32). The number of rotatable bonds is 9. The van der Waals surface area contributed by atoms with Crippen LogP contribution < -0.4 is 15.4 Å². The largest absolute Gasteiger partial charge is 0.484 e. The average molecular weight is 493 g/mol. The highest BCUT2D eigenvalue weighted by Crippen LogP contribution is 2.34. The predicted molar refractivity (Wildman–Crippen MR) is 131 cm³/mol. The van der Waals surface area contributed by atoms with Crippen molar-refractivity contribution < 1.29 is 28.6 Å². The van der Waals surface area contributed by atoms with Crippen LogP contribution in [0.3, 0.4) is 0 Å². The van der Waals surface area contributed by atoms with Gasteiger partial charge in [-0.15, -0.1) is 11.3 Å². The van der Waals surface area contributed by atoms with E-state index < -0.39 is 17.8 Å². The van der Waals surface area contributed by atoms with Crippen molar-refractivity contribution in [3.63, 3.8) is 0 Å². The van der Waals surface area contributed by atoms with Crippen molar-refractivity contribution in [2.75, 3.05) is 25.1 Å². The van der Waals surface area contributed by atoms with Crippen LogP contribution in [-0.4, -0.2) is 42.8 Å². The first kappa shape index (κ1) is 26.3. The molecule has 2 N–H and O–H groups in total. The fourth-order valence-corrected chi connectivity index (χ4v) is 4.21. The maximum atomic E-state index is 12.5. The number of amides is 1. The van der Waals surface area contributed by atoms with Crippen LogP contribution in [0.1, 0.15) is 64.8 Å². The zero-order valence-electron chi connectivity index (χ0n) is 19.3. The molecule has 0 saturated heterocycles. The Morgan fingerprint density at radius 3 is 2.21 bits per heavy atom. The molecular formula is C23H28N2O6S2. The van der Waals surface area contributed by atoms with Gasteiger partial charge in [0.25, 0.3) is 5.91 Å². The van der Waals surface area contributed by atoms with Crippen LogP contribution >= 0.6 is 23.6 Å². The fourth-order valence-electron chi connectivity index (χ4n) is 2.84. The Morgan fingerprint density at radius 2 is 1.64 bits per heavy atom. The summed E-state index contributed by atoms with van der Waals surface area (Å²) >= 11 is 6.21. The summed E-state index contributed by atoms with van der Waals surface area (Å²) in [5, 5.41) is 5.56. The molecule has 0 spiro atoms. The van der Waals surface area contributed by atoms with Gasteiger partial charge < -0.3 is 19.5 Å².